The van der Waals surface area contributed by atoms with Crippen molar-refractivity contribution in [3.63, 3.8) is 0 Å². The fourth-order valence-corrected chi connectivity index (χ4v) is 2.74. The molecule has 2 N–H and O–H groups in total. The van der Waals surface area contributed by atoms with Gasteiger partial charge in [0.25, 0.3) is 10.0 Å². The van der Waals surface area contributed by atoms with Crippen molar-refractivity contribution in [3.8, 4) is 0 Å². The molecule has 1 aromatic carbocycles. The van der Waals surface area contributed by atoms with Gasteiger partial charge in [0.2, 0.25) is 0 Å². The first-order valence-corrected chi connectivity index (χ1v) is 6.95. The molecule has 0 radical (unpaired) electrons. The predicted molar refractivity (Wildman–Crippen MR) is 71.4 cm³/mol. The zero-order valence-electron chi connectivity index (χ0n) is 9.56. The van der Waals surface area contributed by atoms with Gasteiger partial charge in [0, 0.05) is 12.4 Å². The molecular weight excluding hydrogens is 288 g/mol. The Balaban J connectivity index is 2.45. The van der Waals surface area contributed by atoms with Crippen molar-refractivity contribution in [3.05, 3.63) is 53.6 Å². The van der Waals surface area contributed by atoms with E-state index in [4.69, 9.17) is 17.3 Å². The Labute approximate surface area is 115 Å². The van der Waals surface area contributed by atoms with E-state index in [1.165, 1.54) is 24.5 Å². The Bertz CT molecular complexity index is 716. The van der Waals surface area contributed by atoms with Crippen LogP contribution in [0.1, 0.15) is 5.82 Å². The van der Waals surface area contributed by atoms with Crippen molar-refractivity contribution in [2.75, 3.05) is 0 Å². The molecule has 0 spiro atoms. The molecule has 0 unspecified atom stereocenters. The van der Waals surface area contributed by atoms with Crippen molar-refractivity contribution in [1.82, 2.24) is 9.97 Å². The van der Waals surface area contributed by atoms with E-state index in [0.29, 0.717) is 0 Å². The number of amidine groups is 1. The molecule has 0 atom stereocenters. The van der Waals surface area contributed by atoms with Crippen LogP contribution in [0.2, 0.25) is 5.02 Å². The summed E-state index contributed by atoms with van der Waals surface area (Å²) in [5, 5.41) is 0.0769. The first-order valence-electron chi connectivity index (χ1n) is 5.13. The highest BCUT2D eigenvalue weighted by Gasteiger charge is 2.18. The second kappa shape index (κ2) is 5.33. The van der Waals surface area contributed by atoms with E-state index < -0.39 is 10.0 Å². The highest BCUT2D eigenvalue weighted by Crippen LogP contribution is 2.22. The lowest BCUT2D eigenvalue weighted by Crippen LogP contribution is -2.19. The lowest BCUT2D eigenvalue weighted by Gasteiger charge is -2.02. The summed E-state index contributed by atoms with van der Waals surface area (Å²) in [6.45, 7) is 0. The van der Waals surface area contributed by atoms with Gasteiger partial charge in [-0.2, -0.15) is 8.42 Å². The van der Waals surface area contributed by atoms with E-state index in [9.17, 15) is 8.42 Å². The van der Waals surface area contributed by atoms with Crippen LogP contribution in [0.4, 0.5) is 0 Å². The van der Waals surface area contributed by atoms with Crippen LogP contribution < -0.4 is 5.73 Å². The smallest absolute Gasteiger partial charge is 0.285 e. The maximum atomic E-state index is 12.0. The second-order valence-electron chi connectivity index (χ2n) is 3.45. The lowest BCUT2D eigenvalue weighted by atomic mass is 10.4. The minimum atomic E-state index is -3.99. The summed E-state index contributed by atoms with van der Waals surface area (Å²) in [5.41, 5.74) is 5.57. The zero-order valence-corrected chi connectivity index (χ0v) is 11.1. The normalized spacial score (nSPS) is 12.4. The number of sulfonamides is 1. The van der Waals surface area contributed by atoms with Gasteiger partial charge in [-0.3, -0.25) is 0 Å². The van der Waals surface area contributed by atoms with Gasteiger partial charge in [0.15, 0.2) is 11.7 Å². The molecule has 0 amide bonds. The van der Waals surface area contributed by atoms with E-state index in [-0.39, 0.29) is 21.6 Å². The lowest BCUT2D eigenvalue weighted by molar-refractivity contribution is 0.598. The van der Waals surface area contributed by atoms with Crippen LogP contribution in [0.25, 0.3) is 0 Å². The Hall–Kier alpha value is -1.99. The molecule has 2 aromatic rings. The van der Waals surface area contributed by atoms with E-state index >= 15 is 0 Å². The van der Waals surface area contributed by atoms with Gasteiger partial charge in [-0.05, 0) is 18.2 Å². The maximum Gasteiger partial charge on any atom is 0.285 e. The topological polar surface area (TPSA) is 98.3 Å². The summed E-state index contributed by atoms with van der Waals surface area (Å²) in [6.07, 6.45) is 2.87. The highest BCUT2D eigenvalue weighted by molar-refractivity contribution is 7.90. The molecule has 0 aliphatic carbocycles. The van der Waals surface area contributed by atoms with Crippen molar-refractivity contribution in [1.29, 1.82) is 0 Å². The fourth-order valence-electron chi connectivity index (χ4n) is 1.30. The molecule has 0 aliphatic heterocycles. The average molecular weight is 297 g/mol. The van der Waals surface area contributed by atoms with Crippen LogP contribution in [-0.4, -0.2) is 24.2 Å². The molecule has 0 bridgehead atoms. The first-order chi connectivity index (χ1) is 9.00. The highest BCUT2D eigenvalue weighted by atomic mass is 35.5. The second-order valence-corrected chi connectivity index (χ2v) is 5.43. The first kappa shape index (κ1) is 13.4. The molecule has 0 fully saturated rings. The quantitative estimate of drug-likeness (QED) is 0.678. The van der Waals surface area contributed by atoms with Crippen LogP contribution in [-0.2, 0) is 10.0 Å². The van der Waals surface area contributed by atoms with Crippen molar-refractivity contribution in [2.45, 2.75) is 4.90 Å². The molecule has 0 saturated carbocycles. The predicted octanol–water partition coefficient (Wildman–Crippen LogP) is 1.22. The van der Waals surface area contributed by atoms with Crippen molar-refractivity contribution in [2.24, 2.45) is 10.1 Å². The number of nitrogens with zero attached hydrogens (tertiary/aromatic N) is 3. The van der Waals surface area contributed by atoms with Crippen LogP contribution in [0.5, 0.6) is 0 Å². The zero-order chi connectivity index (χ0) is 13.9. The van der Waals surface area contributed by atoms with Gasteiger partial charge < -0.3 is 5.73 Å². The number of benzene rings is 1. The summed E-state index contributed by atoms with van der Waals surface area (Å²) in [4.78, 5) is 7.51. The molecule has 0 saturated heterocycles. The summed E-state index contributed by atoms with van der Waals surface area (Å²) >= 11 is 5.82. The molecule has 0 aliphatic rings. The number of hydrogen-bond donors (Lipinski definition) is 1. The molecule has 1 aromatic heterocycles. The van der Waals surface area contributed by atoms with E-state index in [2.05, 4.69) is 14.4 Å². The third-order valence-corrected chi connectivity index (χ3v) is 3.92. The SMILES string of the molecule is N/C(=N\S(=O)(=O)c1ccccc1Cl)c1ncccn1. The molecule has 1 heterocycles. The van der Waals surface area contributed by atoms with E-state index in [1.54, 1.807) is 18.2 Å². The Morgan fingerprint density at radius 2 is 1.79 bits per heavy atom. The Morgan fingerprint density at radius 3 is 2.42 bits per heavy atom. The van der Waals surface area contributed by atoms with Crippen LogP contribution in [0, 0.1) is 0 Å². The van der Waals surface area contributed by atoms with Crippen LogP contribution in [0.3, 0.4) is 0 Å². The van der Waals surface area contributed by atoms with Gasteiger partial charge >= 0.3 is 0 Å². The Kier molecular flexibility index (Phi) is 3.77. The third-order valence-electron chi connectivity index (χ3n) is 2.13. The van der Waals surface area contributed by atoms with Gasteiger partial charge in [-0.1, -0.05) is 23.7 Å². The van der Waals surface area contributed by atoms with Crippen molar-refractivity contribution >= 4 is 27.5 Å². The summed E-state index contributed by atoms with van der Waals surface area (Å²) < 4.78 is 27.5. The average Bonchev–Trinajstić information content (AvgIpc) is 2.39. The largest absolute Gasteiger partial charge is 0.380 e. The van der Waals surface area contributed by atoms with Gasteiger partial charge in [-0.15, -0.1) is 4.40 Å². The monoisotopic (exact) mass is 296 g/mol. The van der Waals surface area contributed by atoms with E-state index in [0.717, 1.165) is 0 Å². The summed E-state index contributed by atoms with van der Waals surface area (Å²) in [5.74, 6) is -0.251. The molecule has 98 valence electrons. The Morgan fingerprint density at radius 1 is 1.16 bits per heavy atom. The minimum absolute atomic E-state index is 0.0399. The number of aromatic nitrogens is 2. The van der Waals surface area contributed by atoms with Crippen molar-refractivity contribution < 1.29 is 8.42 Å². The van der Waals surface area contributed by atoms with Crippen LogP contribution in [0.15, 0.2) is 52.0 Å². The maximum absolute atomic E-state index is 12.0. The van der Waals surface area contributed by atoms with Gasteiger partial charge in [-0.25, -0.2) is 9.97 Å². The van der Waals surface area contributed by atoms with Gasteiger partial charge in [0.05, 0.1) is 5.02 Å². The standard InChI is InChI=1S/C11H9ClN4O2S/c12-8-4-1-2-5-9(8)19(17,18)16-10(13)11-14-6-3-7-15-11/h1-7H,(H2,13,16). The molecular formula is C11H9ClN4O2S. The third kappa shape index (κ3) is 3.07. The fraction of sp³-hybridized carbons (Fsp3) is 0. The minimum Gasteiger partial charge on any atom is -0.380 e. The number of rotatable bonds is 3. The van der Waals surface area contributed by atoms with Gasteiger partial charge in [0.1, 0.15) is 4.90 Å². The molecule has 19 heavy (non-hydrogen) atoms. The van der Waals surface area contributed by atoms with E-state index in [1.807, 2.05) is 0 Å². The number of hydrogen-bond acceptors (Lipinski definition) is 4. The number of nitrogens with two attached hydrogens (primary N) is 1. The number of halogens is 1. The summed E-state index contributed by atoms with van der Waals surface area (Å²) in [6, 6.07) is 7.55. The molecule has 8 heteroatoms. The molecule has 2 rings (SSSR count). The molecule has 6 nitrogen and oxygen atoms in total. The van der Waals surface area contributed by atoms with Crippen LogP contribution >= 0.6 is 11.6 Å². The summed E-state index contributed by atoms with van der Waals surface area (Å²) in [7, 11) is -3.99.